The number of rotatable bonds is 3. The molecule has 2 nitrogen and oxygen atoms in total. The van der Waals surface area contributed by atoms with E-state index in [9.17, 15) is 18.0 Å². The Labute approximate surface area is 139 Å². The van der Waals surface area contributed by atoms with Gasteiger partial charge in [0.05, 0.1) is 0 Å². The van der Waals surface area contributed by atoms with Crippen LogP contribution in [0.4, 0.5) is 13.2 Å². The summed E-state index contributed by atoms with van der Waals surface area (Å²) in [6.07, 6.45) is -4.72. The molecule has 3 aromatic rings. The highest BCUT2D eigenvalue weighted by molar-refractivity contribution is 7.99. The lowest BCUT2D eigenvalue weighted by atomic mass is 10.1. The summed E-state index contributed by atoms with van der Waals surface area (Å²) in [5, 5.41) is 0. The fraction of sp³-hybridized carbons (Fsp3) is 0.0556. The lowest BCUT2D eigenvalue weighted by Gasteiger charge is -2.11. The van der Waals surface area contributed by atoms with Gasteiger partial charge in [0, 0.05) is 10.5 Å². The highest BCUT2D eigenvalue weighted by Gasteiger charge is 2.36. The Bertz CT molecular complexity index is 888. The maximum absolute atomic E-state index is 13.0. The molecule has 0 fully saturated rings. The summed E-state index contributed by atoms with van der Waals surface area (Å²) in [5.41, 5.74) is -0.278. The van der Waals surface area contributed by atoms with E-state index < -0.39 is 17.6 Å². The number of hydrogen-bond donors (Lipinski definition) is 0. The van der Waals surface area contributed by atoms with Gasteiger partial charge >= 0.3 is 11.8 Å². The summed E-state index contributed by atoms with van der Waals surface area (Å²) in [4.78, 5) is 13.1. The maximum Gasteiger partial charge on any atom is 0.449 e. The molecular weight excluding hydrogens is 337 g/mol. The zero-order valence-electron chi connectivity index (χ0n) is 12.2. The van der Waals surface area contributed by atoms with E-state index in [0.717, 1.165) is 22.7 Å². The second kappa shape index (κ2) is 6.57. The van der Waals surface area contributed by atoms with E-state index in [1.54, 1.807) is 54.6 Å². The number of halogens is 3. The smallest absolute Gasteiger partial charge is 0.417 e. The molecule has 24 heavy (non-hydrogen) atoms. The summed E-state index contributed by atoms with van der Waals surface area (Å²) in [6.45, 7) is 0. The third-order valence-electron chi connectivity index (χ3n) is 3.24. The molecule has 0 aliphatic carbocycles. The minimum absolute atomic E-state index is 0.125. The monoisotopic (exact) mass is 348 g/mol. The quantitative estimate of drug-likeness (QED) is 0.628. The molecular formula is C18H11F3O2S. The van der Waals surface area contributed by atoms with Crippen LogP contribution in [0.25, 0.3) is 11.1 Å². The van der Waals surface area contributed by atoms with Gasteiger partial charge in [-0.15, -0.1) is 0 Å². The van der Waals surface area contributed by atoms with Gasteiger partial charge in [0.25, 0.3) is 0 Å². The van der Waals surface area contributed by atoms with Crippen molar-refractivity contribution < 1.29 is 17.6 Å². The Hall–Kier alpha value is -2.47. The first-order valence-corrected chi connectivity index (χ1v) is 7.80. The van der Waals surface area contributed by atoms with E-state index in [2.05, 4.69) is 4.42 Å². The highest BCUT2D eigenvalue weighted by Crippen LogP contribution is 2.37. The van der Waals surface area contributed by atoms with Crippen molar-refractivity contribution in [2.45, 2.75) is 16.0 Å². The molecule has 0 radical (unpaired) electrons. The molecule has 0 bridgehead atoms. The van der Waals surface area contributed by atoms with Crippen LogP contribution in [0, 0.1) is 0 Å². The van der Waals surface area contributed by atoms with E-state index in [-0.39, 0.29) is 10.5 Å². The van der Waals surface area contributed by atoms with Crippen molar-refractivity contribution in [3.8, 4) is 11.1 Å². The first kappa shape index (κ1) is 16.4. The molecule has 1 aromatic heterocycles. The van der Waals surface area contributed by atoms with E-state index in [1.807, 2.05) is 6.07 Å². The molecule has 0 spiro atoms. The predicted molar refractivity (Wildman–Crippen MR) is 86.0 cm³/mol. The third kappa shape index (κ3) is 3.54. The van der Waals surface area contributed by atoms with Crippen LogP contribution in [0.15, 0.2) is 85.7 Å². The molecule has 0 N–H and O–H groups in total. The number of benzene rings is 2. The van der Waals surface area contributed by atoms with Crippen molar-refractivity contribution in [2.75, 3.05) is 0 Å². The summed E-state index contributed by atoms with van der Waals surface area (Å²) in [5.74, 6) is -1.30. The number of hydrogen-bond acceptors (Lipinski definition) is 3. The predicted octanol–water partition coefficient (Wildman–Crippen LogP) is 5.48. The van der Waals surface area contributed by atoms with Crippen molar-refractivity contribution in [1.82, 2.24) is 0 Å². The van der Waals surface area contributed by atoms with Crippen LogP contribution in [0.2, 0.25) is 0 Å². The molecule has 6 heteroatoms. The largest absolute Gasteiger partial charge is 0.449 e. The van der Waals surface area contributed by atoms with E-state index in [1.165, 1.54) is 0 Å². The van der Waals surface area contributed by atoms with Crippen molar-refractivity contribution in [3.63, 3.8) is 0 Å². The molecule has 0 aliphatic rings. The van der Waals surface area contributed by atoms with E-state index in [0.29, 0.717) is 5.56 Å². The maximum atomic E-state index is 13.0. The molecule has 122 valence electrons. The minimum atomic E-state index is -4.72. The first-order valence-electron chi connectivity index (χ1n) is 6.99. The van der Waals surface area contributed by atoms with Crippen molar-refractivity contribution in [3.05, 3.63) is 82.9 Å². The molecule has 0 saturated heterocycles. The lowest BCUT2D eigenvalue weighted by Crippen LogP contribution is -2.13. The van der Waals surface area contributed by atoms with Crippen LogP contribution >= 0.6 is 11.8 Å². The third-order valence-corrected chi connectivity index (χ3v) is 4.33. The van der Waals surface area contributed by atoms with Gasteiger partial charge in [0.2, 0.25) is 5.76 Å². The normalized spacial score (nSPS) is 11.5. The van der Waals surface area contributed by atoms with Gasteiger partial charge < -0.3 is 4.42 Å². The number of alkyl halides is 3. The average Bonchev–Trinajstić information content (AvgIpc) is 2.57. The Morgan fingerprint density at radius 3 is 2.04 bits per heavy atom. The Morgan fingerprint density at radius 1 is 0.875 bits per heavy atom. The molecule has 0 amide bonds. The van der Waals surface area contributed by atoms with Crippen LogP contribution in [0.5, 0.6) is 0 Å². The summed E-state index contributed by atoms with van der Waals surface area (Å²) in [6, 6.07) is 18.3. The van der Waals surface area contributed by atoms with Crippen LogP contribution in [-0.2, 0) is 6.18 Å². The zero-order chi connectivity index (χ0) is 17.2. The molecule has 3 rings (SSSR count). The molecule has 1 heterocycles. The van der Waals surface area contributed by atoms with Gasteiger partial charge in [-0.1, -0.05) is 60.3 Å². The fourth-order valence-corrected chi connectivity index (χ4v) is 3.10. The second-order valence-electron chi connectivity index (χ2n) is 4.92. The van der Waals surface area contributed by atoms with Crippen LogP contribution in [0.1, 0.15) is 5.76 Å². The van der Waals surface area contributed by atoms with Crippen LogP contribution in [0.3, 0.4) is 0 Å². The second-order valence-corrected chi connectivity index (χ2v) is 6.00. The van der Waals surface area contributed by atoms with E-state index >= 15 is 0 Å². The summed E-state index contributed by atoms with van der Waals surface area (Å²) >= 11 is 1.08. The zero-order valence-corrected chi connectivity index (χ0v) is 13.0. The van der Waals surface area contributed by atoms with Gasteiger partial charge in [0.1, 0.15) is 4.90 Å². The van der Waals surface area contributed by atoms with Gasteiger partial charge in [-0.2, -0.15) is 13.2 Å². The first-order chi connectivity index (χ1) is 11.4. The Balaban J connectivity index is 2.18. The molecule has 0 unspecified atom stereocenters. The standard InChI is InChI=1S/C18H11F3O2S/c19-18(20,21)15-11-14(12-7-3-1-4-8-12)16(17(22)23-15)24-13-9-5-2-6-10-13/h1-11H. The van der Waals surface area contributed by atoms with E-state index in [4.69, 9.17) is 0 Å². The Kier molecular flexibility index (Phi) is 4.49. The van der Waals surface area contributed by atoms with Gasteiger partial charge in [-0.25, -0.2) is 4.79 Å². The van der Waals surface area contributed by atoms with Gasteiger partial charge in [0.15, 0.2) is 0 Å². The van der Waals surface area contributed by atoms with Crippen molar-refractivity contribution in [1.29, 1.82) is 0 Å². The fourth-order valence-electron chi connectivity index (χ4n) is 2.16. The summed E-state index contributed by atoms with van der Waals surface area (Å²) < 4.78 is 43.5. The van der Waals surface area contributed by atoms with Gasteiger partial charge in [-0.3, -0.25) is 0 Å². The minimum Gasteiger partial charge on any atom is -0.417 e. The van der Waals surface area contributed by atoms with Crippen LogP contribution < -0.4 is 5.63 Å². The highest BCUT2D eigenvalue weighted by atomic mass is 32.2. The van der Waals surface area contributed by atoms with Crippen molar-refractivity contribution in [2.24, 2.45) is 0 Å². The SMILES string of the molecule is O=c1oc(C(F)(F)F)cc(-c2ccccc2)c1Sc1ccccc1. The van der Waals surface area contributed by atoms with Crippen LogP contribution in [-0.4, -0.2) is 0 Å². The molecule has 0 atom stereocenters. The topological polar surface area (TPSA) is 30.2 Å². The van der Waals surface area contributed by atoms with Crippen molar-refractivity contribution >= 4 is 11.8 Å². The average molecular weight is 348 g/mol. The summed E-state index contributed by atoms with van der Waals surface area (Å²) in [7, 11) is 0. The lowest BCUT2D eigenvalue weighted by molar-refractivity contribution is -0.154. The molecule has 2 aromatic carbocycles. The Morgan fingerprint density at radius 2 is 1.46 bits per heavy atom. The molecule has 0 aliphatic heterocycles. The molecule has 0 saturated carbocycles. The van der Waals surface area contributed by atoms with Gasteiger partial charge in [-0.05, 0) is 23.8 Å².